The fraction of sp³-hybridized carbons (Fsp3) is 0.467. The standard InChI is InChI=1S/C15H21NO4/c1-4-15(2,14(18)19)10-16-13(17)12-7-5-6-11(8-12)9-20-3/h5-8H,4,9-10H2,1-3H3,(H,16,17)(H,18,19). The number of carbonyl (C=O) groups is 2. The van der Waals surface area contributed by atoms with E-state index in [2.05, 4.69) is 5.32 Å². The summed E-state index contributed by atoms with van der Waals surface area (Å²) in [4.78, 5) is 23.2. The number of rotatable bonds is 7. The van der Waals surface area contributed by atoms with E-state index in [-0.39, 0.29) is 12.5 Å². The first-order chi connectivity index (χ1) is 9.42. The molecule has 110 valence electrons. The lowest BCUT2D eigenvalue weighted by molar-refractivity contribution is -0.147. The molecule has 0 saturated heterocycles. The van der Waals surface area contributed by atoms with Gasteiger partial charge < -0.3 is 15.2 Å². The first-order valence-corrected chi connectivity index (χ1v) is 6.52. The summed E-state index contributed by atoms with van der Waals surface area (Å²) in [5.41, 5.74) is 0.458. The summed E-state index contributed by atoms with van der Waals surface area (Å²) in [6.45, 7) is 3.95. The molecule has 20 heavy (non-hydrogen) atoms. The Morgan fingerprint density at radius 1 is 1.40 bits per heavy atom. The summed E-state index contributed by atoms with van der Waals surface area (Å²) in [5.74, 6) is -1.18. The molecule has 1 rings (SSSR count). The molecule has 1 aromatic carbocycles. The highest BCUT2D eigenvalue weighted by molar-refractivity contribution is 5.94. The SMILES string of the molecule is CCC(C)(CNC(=O)c1cccc(COC)c1)C(=O)O. The molecule has 1 amide bonds. The minimum absolute atomic E-state index is 0.103. The van der Waals surface area contributed by atoms with E-state index in [1.807, 2.05) is 6.07 Å². The van der Waals surface area contributed by atoms with Gasteiger partial charge in [0.2, 0.25) is 0 Å². The average molecular weight is 279 g/mol. The van der Waals surface area contributed by atoms with Crippen LogP contribution in [-0.2, 0) is 16.1 Å². The van der Waals surface area contributed by atoms with Crippen molar-refractivity contribution in [2.24, 2.45) is 5.41 Å². The number of nitrogens with one attached hydrogen (secondary N) is 1. The molecule has 1 unspecified atom stereocenters. The third kappa shape index (κ3) is 4.06. The first kappa shape index (κ1) is 16.2. The third-order valence-electron chi connectivity index (χ3n) is 3.44. The lowest BCUT2D eigenvalue weighted by atomic mass is 9.87. The second kappa shape index (κ2) is 7.05. The number of carboxylic acids is 1. The zero-order valence-electron chi connectivity index (χ0n) is 12.1. The minimum Gasteiger partial charge on any atom is -0.481 e. The van der Waals surface area contributed by atoms with E-state index < -0.39 is 11.4 Å². The molecule has 1 atom stereocenters. The molecule has 0 aromatic heterocycles. The summed E-state index contributed by atoms with van der Waals surface area (Å²) < 4.78 is 5.02. The summed E-state index contributed by atoms with van der Waals surface area (Å²) in [6.07, 6.45) is 0.451. The van der Waals surface area contributed by atoms with Crippen LogP contribution in [0.4, 0.5) is 0 Å². The van der Waals surface area contributed by atoms with Gasteiger partial charge in [0.05, 0.1) is 12.0 Å². The Morgan fingerprint density at radius 3 is 2.65 bits per heavy atom. The summed E-state index contributed by atoms with van der Waals surface area (Å²) in [6, 6.07) is 7.08. The number of aliphatic carboxylic acids is 1. The van der Waals surface area contributed by atoms with Crippen molar-refractivity contribution < 1.29 is 19.4 Å². The normalized spacial score (nSPS) is 13.6. The second-order valence-corrected chi connectivity index (χ2v) is 5.04. The number of hydrogen-bond donors (Lipinski definition) is 2. The van der Waals surface area contributed by atoms with Crippen molar-refractivity contribution in [3.63, 3.8) is 0 Å². The molecular weight excluding hydrogens is 258 g/mol. The van der Waals surface area contributed by atoms with Crippen LogP contribution in [0.3, 0.4) is 0 Å². The van der Waals surface area contributed by atoms with Gasteiger partial charge in [0.15, 0.2) is 0 Å². The Labute approximate surface area is 118 Å². The van der Waals surface area contributed by atoms with Crippen molar-refractivity contribution in [3.05, 3.63) is 35.4 Å². The van der Waals surface area contributed by atoms with Crippen LogP contribution in [0.5, 0.6) is 0 Å². The molecule has 0 aliphatic carbocycles. The second-order valence-electron chi connectivity index (χ2n) is 5.04. The number of amides is 1. The first-order valence-electron chi connectivity index (χ1n) is 6.52. The largest absolute Gasteiger partial charge is 0.481 e. The van der Waals surface area contributed by atoms with E-state index in [4.69, 9.17) is 9.84 Å². The Morgan fingerprint density at radius 2 is 2.10 bits per heavy atom. The van der Waals surface area contributed by atoms with Crippen molar-refractivity contribution in [3.8, 4) is 0 Å². The van der Waals surface area contributed by atoms with Gasteiger partial charge in [0.25, 0.3) is 5.91 Å². The number of carbonyl (C=O) groups excluding carboxylic acids is 1. The Kier molecular flexibility index (Phi) is 5.70. The summed E-state index contributed by atoms with van der Waals surface area (Å²) >= 11 is 0. The van der Waals surface area contributed by atoms with Gasteiger partial charge in [-0.25, -0.2) is 0 Å². The van der Waals surface area contributed by atoms with Gasteiger partial charge >= 0.3 is 5.97 Å². The molecule has 0 fully saturated rings. The van der Waals surface area contributed by atoms with Crippen LogP contribution >= 0.6 is 0 Å². The molecule has 2 N–H and O–H groups in total. The van der Waals surface area contributed by atoms with Gasteiger partial charge in [-0.15, -0.1) is 0 Å². The molecule has 0 aliphatic rings. The van der Waals surface area contributed by atoms with E-state index in [0.29, 0.717) is 18.6 Å². The zero-order chi connectivity index (χ0) is 15.2. The van der Waals surface area contributed by atoms with E-state index in [0.717, 1.165) is 5.56 Å². The molecule has 0 bridgehead atoms. The van der Waals surface area contributed by atoms with Crippen LogP contribution in [0.1, 0.15) is 36.2 Å². The molecule has 0 spiro atoms. The number of hydrogen-bond acceptors (Lipinski definition) is 3. The maximum Gasteiger partial charge on any atom is 0.311 e. The lowest BCUT2D eigenvalue weighted by Crippen LogP contribution is -2.40. The topological polar surface area (TPSA) is 75.6 Å². The van der Waals surface area contributed by atoms with Gasteiger partial charge in [-0.3, -0.25) is 9.59 Å². The fourth-order valence-corrected chi connectivity index (χ4v) is 1.70. The van der Waals surface area contributed by atoms with Gasteiger partial charge in [0, 0.05) is 19.2 Å². The highest BCUT2D eigenvalue weighted by atomic mass is 16.5. The van der Waals surface area contributed by atoms with E-state index in [1.54, 1.807) is 39.2 Å². The Balaban J connectivity index is 2.72. The average Bonchev–Trinajstić information content (AvgIpc) is 2.44. The molecule has 0 saturated carbocycles. The third-order valence-corrected chi connectivity index (χ3v) is 3.44. The van der Waals surface area contributed by atoms with Crippen LogP contribution < -0.4 is 5.32 Å². The van der Waals surface area contributed by atoms with Crippen LogP contribution in [0, 0.1) is 5.41 Å². The van der Waals surface area contributed by atoms with Gasteiger partial charge in [-0.2, -0.15) is 0 Å². The number of ether oxygens (including phenoxy) is 1. The van der Waals surface area contributed by atoms with Crippen LogP contribution in [0.15, 0.2) is 24.3 Å². The van der Waals surface area contributed by atoms with Gasteiger partial charge in [-0.05, 0) is 31.0 Å². The van der Waals surface area contributed by atoms with Crippen LogP contribution in [0.2, 0.25) is 0 Å². The van der Waals surface area contributed by atoms with Gasteiger partial charge in [-0.1, -0.05) is 19.1 Å². The monoisotopic (exact) mass is 279 g/mol. The molecule has 0 radical (unpaired) electrons. The molecule has 5 heteroatoms. The Hall–Kier alpha value is -1.88. The maximum absolute atomic E-state index is 12.0. The van der Waals surface area contributed by atoms with Crippen molar-refractivity contribution >= 4 is 11.9 Å². The highest BCUT2D eigenvalue weighted by Gasteiger charge is 2.31. The molecule has 5 nitrogen and oxygen atoms in total. The van der Waals surface area contributed by atoms with Crippen molar-refractivity contribution in [1.29, 1.82) is 0 Å². The molecule has 0 aliphatic heterocycles. The Bertz CT molecular complexity index is 487. The number of carboxylic acid groups (broad SMARTS) is 1. The smallest absolute Gasteiger partial charge is 0.311 e. The molecular formula is C15H21NO4. The number of methoxy groups -OCH3 is 1. The fourth-order valence-electron chi connectivity index (χ4n) is 1.70. The maximum atomic E-state index is 12.0. The minimum atomic E-state index is -0.945. The zero-order valence-corrected chi connectivity index (χ0v) is 12.1. The molecule has 1 aromatic rings. The predicted octanol–water partition coefficient (Wildman–Crippen LogP) is 2.06. The van der Waals surface area contributed by atoms with Crippen molar-refractivity contribution in [2.75, 3.05) is 13.7 Å². The van der Waals surface area contributed by atoms with E-state index in [1.165, 1.54) is 0 Å². The van der Waals surface area contributed by atoms with Crippen molar-refractivity contribution in [1.82, 2.24) is 5.32 Å². The lowest BCUT2D eigenvalue weighted by Gasteiger charge is -2.23. The summed E-state index contributed by atoms with van der Waals surface area (Å²) in [5, 5.41) is 11.8. The summed E-state index contributed by atoms with van der Waals surface area (Å²) in [7, 11) is 1.59. The van der Waals surface area contributed by atoms with Crippen molar-refractivity contribution in [2.45, 2.75) is 26.9 Å². The quantitative estimate of drug-likeness (QED) is 0.801. The predicted molar refractivity (Wildman–Crippen MR) is 75.5 cm³/mol. The van der Waals surface area contributed by atoms with E-state index >= 15 is 0 Å². The van der Waals surface area contributed by atoms with Crippen LogP contribution in [-0.4, -0.2) is 30.6 Å². The number of benzene rings is 1. The molecule has 0 heterocycles. The van der Waals surface area contributed by atoms with E-state index in [9.17, 15) is 9.59 Å². The van der Waals surface area contributed by atoms with Crippen LogP contribution in [0.25, 0.3) is 0 Å². The highest BCUT2D eigenvalue weighted by Crippen LogP contribution is 2.20. The van der Waals surface area contributed by atoms with Gasteiger partial charge in [0.1, 0.15) is 0 Å².